The molecule has 0 bridgehead atoms. The van der Waals surface area contributed by atoms with E-state index in [9.17, 15) is 34.2 Å². The number of carboxylic acid groups (broad SMARTS) is 1. The van der Waals surface area contributed by atoms with Crippen LogP contribution in [0.1, 0.15) is 46.1 Å². The molecular formula is C24H37N5O7. The summed E-state index contributed by atoms with van der Waals surface area (Å²) in [5.74, 6) is -4.81. The fraction of sp³-hybridized carbons (Fsp3) is 0.542. The fourth-order valence-corrected chi connectivity index (χ4v) is 3.41. The third-order valence-electron chi connectivity index (χ3n) is 5.34. The summed E-state index contributed by atoms with van der Waals surface area (Å²) in [5, 5.41) is 26.0. The van der Waals surface area contributed by atoms with Crippen LogP contribution in [-0.4, -0.2) is 64.0 Å². The van der Waals surface area contributed by atoms with Gasteiger partial charge in [-0.05, 0) is 42.4 Å². The van der Waals surface area contributed by atoms with Gasteiger partial charge in [-0.25, -0.2) is 4.79 Å². The first-order chi connectivity index (χ1) is 16.7. The molecule has 200 valence electrons. The van der Waals surface area contributed by atoms with Gasteiger partial charge in [0.15, 0.2) is 0 Å². The van der Waals surface area contributed by atoms with Gasteiger partial charge < -0.3 is 37.6 Å². The van der Waals surface area contributed by atoms with Crippen LogP contribution in [0.2, 0.25) is 0 Å². The molecule has 0 aliphatic heterocycles. The number of hydrogen-bond donors (Lipinski definition) is 7. The predicted molar refractivity (Wildman–Crippen MR) is 131 cm³/mol. The van der Waals surface area contributed by atoms with Gasteiger partial charge in [-0.15, -0.1) is 0 Å². The lowest BCUT2D eigenvalue weighted by molar-refractivity contribution is -0.143. The maximum atomic E-state index is 13.0. The lowest BCUT2D eigenvalue weighted by Gasteiger charge is -2.26. The molecule has 36 heavy (non-hydrogen) atoms. The van der Waals surface area contributed by atoms with Crippen LogP contribution >= 0.6 is 0 Å². The van der Waals surface area contributed by atoms with Crippen LogP contribution in [0, 0.1) is 11.8 Å². The second-order valence-electron chi connectivity index (χ2n) is 9.47. The van der Waals surface area contributed by atoms with Crippen LogP contribution in [0.5, 0.6) is 5.75 Å². The minimum atomic E-state index is -1.44. The number of hydrogen-bond acceptors (Lipinski definition) is 7. The number of aliphatic carboxylic acids is 1. The molecule has 0 saturated heterocycles. The van der Waals surface area contributed by atoms with Gasteiger partial charge in [-0.3, -0.25) is 19.2 Å². The zero-order valence-corrected chi connectivity index (χ0v) is 21.0. The topological polar surface area (TPSA) is 214 Å². The van der Waals surface area contributed by atoms with Gasteiger partial charge in [0.1, 0.15) is 23.9 Å². The number of nitrogens with two attached hydrogens (primary N) is 2. The lowest BCUT2D eigenvalue weighted by Crippen LogP contribution is -2.58. The Morgan fingerprint density at radius 2 is 1.39 bits per heavy atom. The van der Waals surface area contributed by atoms with E-state index in [0.29, 0.717) is 5.56 Å². The Kier molecular flexibility index (Phi) is 11.8. The van der Waals surface area contributed by atoms with Crippen molar-refractivity contribution in [3.8, 4) is 5.75 Å². The van der Waals surface area contributed by atoms with Crippen molar-refractivity contribution in [2.45, 2.75) is 71.1 Å². The van der Waals surface area contributed by atoms with Crippen LogP contribution in [0.4, 0.5) is 0 Å². The number of carboxylic acids is 1. The SMILES string of the molecule is CC(C)CC(NC(=O)C(N)Cc1ccc(O)cc1)C(=O)NC(CC(N)=O)C(=O)NC(C(=O)O)C(C)C. The lowest BCUT2D eigenvalue weighted by atomic mass is 10.0. The highest BCUT2D eigenvalue weighted by atomic mass is 16.4. The summed E-state index contributed by atoms with van der Waals surface area (Å²) in [6, 6.07) is 1.42. The minimum Gasteiger partial charge on any atom is -0.508 e. The average Bonchev–Trinajstić information content (AvgIpc) is 2.76. The largest absolute Gasteiger partial charge is 0.508 e. The first kappa shape index (κ1) is 30.4. The molecule has 12 heteroatoms. The van der Waals surface area contributed by atoms with Gasteiger partial charge in [0.05, 0.1) is 12.5 Å². The summed E-state index contributed by atoms with van der Waals surface area (Å²) in [5.41, 5.74) is 11.9. The van der Waals surface area contributed by atoms with Crippen LogP contribution < -0.4 is 27.4 Å². The van der Waals surface area contributed by atoms with Crippen LogP contribution in [-0.2, 0) is 30.4 Å². The maximum absolute atomic E-state index is 13.0. The zero-order chi connectivity index (χ0) is 27.6. The molecule has 1 rings (SSSR count). The van der Waals surface area contributed by atoms with E-state index >= 15 is 0 Å². The number of carbonyl (C=O) groups excluding carboxylic acids is 4. The van der Waals surface area contributed by atoms with E-state index in [4.69, 9.17) is 11.5 Å². The summed E-state index contributed by atoms with van der Waals surface area (Å²) in [6.45, 7) is 6.85. The van der Waals surface area contributed by atoms with E-state index in [1.165, 1.54) is 12.1 Å². The molecule has 0 radical (unpaired) electrons. The Labute approximate surface area is 210 Å². The van der Waals surface area contributed by atoms with Gasteiger partial charge in [0, 0.05) is 0 Å². The van der Waals surface area contributed by atoms with Crippen molar-refractivity contribution in [1.29, 1.82) is 0 Å². The number of phenols is 1. The highest BCUT2D eigenvalue weighted by molar-refractivity contribution is 5.96. The molecule has 0 spiro atoms. The summed E-state index contributed by atoms with van der Waals surface area (Å²) < 4.78 is 0. The number of carbonyl (C=O) groups is 5. The number of benzene rings is 1. The fourth-order valence-electron chi connectivity index (χ4n) is 3.41. The zero-order valence-electron chi connectivity index (χ0n) is 21.0. The summed E-state index contributed by atoms with van der Waals surface area (Å²) in [4.78, 5) is 61.4. The molecule has 0 heterocycles. The van der Waals surface area contributed by atoms with Crippen LogP contribution in [0.25, 0.3) is 0 Å². The van der Waals surface area contributed by atoms with Crippen molar-refractivity contribution in [3.05, 3.63) is 29.8 Å². The standard InChI is InChI=1S/C24H37N5O7/c1-12(2)9-17(27-21(32)16(25)10-14-5-7-15(30)8-6-14)22(33)28-18(11-19(26)31)23(34)29-20(13(3)4)24(35)36/h5-8,12-13,16-18,20,30H,9-11,25H2,1-4H3,(H2,26,31)(H,27,32)(H,28,33)(H,29,34)(H,35,36). The molecule has 0 fully saturated rings. The van der Waals surface area contributed by atoms with Crippen molar-refractivity contribution in [2.75, 3.05) is 0 Å². The number of aromatic hydroxyl groups is 1. The molecule has 0 aromatic heterocycles. The minimum absolute atomic E-state index is 0.0323. The molecular weight excluding hydrogens is 470 g/mol. The van der Waals surface area contributed by atoms with E-state index in [2.05, 4.69) is 16.0 Å². The first-order valence-corrected chi connectivity index (χ1v) is 11.7. The Morgan fingerprint density at radius 1 is 0.861 bits per heavy atom. The monoisotopic (exact) mass is 507 g/mol. The second kappa shape index (κ2) is 14.0. The number of amides is 4. The van der Waals surface area contributed by atoms with E-state index in [1.807, 2.05) is 13.8 Å². The highest BCUT2D eigenvalue weighted by Gasteiger charge is 2.32. The molecule has 9 N–H and O–H groups in total. The van der Waals surface area contributed by atoms with E-state index in [1.54, 1.807) is 26.0 Å². The molecule has 12 nitrogen and oxygen atoms in total. The molecule has 1 aromatic carbocycles. The Bertz CT molecular complexity index is 933. The van der Waals surface area contributed by atoms with E-state index in [-0.39, 0.29) is 24.5 Å². The smallest absolute Gasteiger partial charge is 0.326 e. The Hall–Kier alpha value is -3.67. The van der Waals surface area contributed by atoms with Crippen LogP contribution in [0.15, 0.2) is 24.3 Å². The number of primary amides is 1. The average molecular weight is 508 g/mol. The summed E-state index contributed by atoms with van der Waals surface area (Å²) in [6.07, 6.45) is -0.205. The van der Waals surface area contributed by atoms with Gasteiger partial charge >= 0.3 is 5.97 Å². The van der Waals surface area contributed by atoms with Crippen molar-refractivity contribution in [1.82, 2.24) is 16.0 Å². The first-order valence-electron chi connectivity index (χ1n) is 11.7. The number of phenolic OH excluding ortho intramolecular Hbond substituents is 1. The molecule has 4 unspecified atom stereocenters. The molecule has 0 aliphatic rings. The van der Waals surface area contributed by atoms with Crippen molar-refractivity contribution >= 4 is 29.6 Å². The number of nitrogens with one attached hydrogen (secondary N) is 3. The van der Waals surface area contributed by atoms with E-state index in [0.717, 1.165) is 0 Å². The van der Waals surface area contributed by atoms with Crippen molar-refractivity contribution in [2.24, 2.45) is 23.3 Å². The van der Waals surface area contributed by atoms with Gasteiger partial charge in [0.2, 0.25) is 23.6 Å². The third kappa shape index (κ3) is 10.3. The predicted octanol–water partition coefficient (Wildman–Crippen LogP) is -0.621. The van der Waals surface area contributed by atoms with Gasteiger partial charge in [-0.2, -0.15) is 0 Å². The summed E-state index contributed by atoms with van der Waals surface area (Å²) >= 11 is 0. The maximum Gasteiger partial charge on any atom is 0.326 e. The summed E-state index contributed by atoms with van der Waals surface area (Å²) in [7, 11) is 0. The number of rotatable bonds is 14. The Balaban J connectivity index is 2.98. The quantitative estimate of drug-likeness (QED) is 0.172. The second-order valence-corrected chi connectivity index (χ2v) is 9.47. The molecule has 4 atom stereocenters. The van der Waals surface area contributed by atoms with Gasteiger partial charge in [-0.1, -0.05) is 39.8 Å². The normalized spacial score (nSPS) is 14.4. The highest BCUT2D eigenvalue weighted by Crippen LogP contribution is 2.12. The molecule has 0 saturated carbocycles. The third-order valence-corrected chi connectivity index (χ3v) is 5.34. The molecule has 1 aromatic rings. The van der Waals surface area contributed by atoms with E-state index < -0.39 is 66.1 Å². The van der Waals surface area contributed by atoms with Crippen LogP contribution in [0.3, 0.4) is 0 Å². The van der Waals surface area contributed by atoms with Gasteiger partial charge in [0.25, 0.3) is 0 Å². The van der Waals surface area contributed by atoms with Crippen molar-refractivity contribution in [3.63, 3.8) is 0 Å². The van der Waals surface area contributed by atoms with Crippen molar-refractivity contribution < 1.29 is 34.2 Å². The Morgan fingerprint density at radius 3 is 1.86 bits per heavy atom. The molecule has 0 aliphatic carbocycles. The molecule has 4 amide bonds.